The SMILES string of the molecule is CCOC(=O)N1CCN(C(=N)N)CC1.O=S(=O)(O)O. The molecule has 0 saturated carbocycles. The first kappa shape index (κ1) is 17.4. The molecule has 1 fully saturated rings. The molecule has 19 heavy (non-hydrogen) atoms. The van der Waals surface area contributed by atoms with E-state index in [1.165, 1.54) is 0 Å². The van der Waals surface area contributed by atoms with Crippen molar-refractivity contribution < 1.29 is 27.1 Å². The van der Waals surface area contributed by atoms with Crippen LogP contribution in [0.2, 0.25) is 0 Å². The Labute approximate surface area is 111 Å². The second-order valence-corrected chi connectivity index (χ2v) is 4.40. The van der Waals surface area contributed by atoms with Crippen LogP contribution in [0.25, 0.3) is 0 Å². The summed E-state index contributed by atoms with van der Waals surface area (Å²) in [6, 6.07) is 0. The average Bonchev–Trinajstić information content (AvgIpc) is 2.27. The van der Waals surface area contributed by atoms with Crippen molar-refractivity contribution in [3.63, 3.8) is 0 Å². The van der Waals surface area contributed by atoms with E-state index in [9.17, 15) is 4.79 Å². The predicted molar refractivity (Wildman–Crippen MR) is 66.3 cm³/mol. The highest BCUT2D eigenvalue weighted by atomic mass is 32.3. The Morgan fingerprint density at radius 2 is 1.63 bits per heavy atom. The van der Waals surface area contributed by atoms with Crippen LogP contribution in [0, 0.1) is 5.41 Å². The molecule has 112 valence electrons. The zero-order valence-corrected chi connectivity index (χ0v) is 11.3. The summed E-state index contributed by atoms with van der Waals surface area (Å²) in [5, 5.41) is 7.21. The topological polar surface area (TPSA) is 157 Å². The molecule has 0 atom stereocenters. The lowest BCUT2D eigenvalue weighted by Gasteiger charge is -2.34. The van der Waals surface area contributed by atoms with Gasteiger partial charge < -0.3 is 20.3 Å². The summed E-state index contributed by atoms with van der Waals surface area (Å²) in [4.78, 5) is 14.6. The van der Waals surface area contributed by atoms with Crippen LogP contribution in [0.4, 0.5) is 4.79 Å². The van der Waals surface area contributed by atoms with Gasteiger partial charge in [0, 0.05) is 26.2 Å². The monoisotopic (exact) mass is 298 g/mol. The van der Waals surface area contributed by atoms with E-state index in [0.717, 1.165) is 0 Å². The summed E-state index contributed by atoms with van der Waals surface area (Å²) in [5.74, 6) is 0.0634. The molecule has 1 aliphatic heterocycles. The van der Waals surface area contributed by atoms with E-state index in [-0.39, 0.29) is 12.1 Å². The van der Waals surface area contributed by atoms with Gasteiger partial charge in [0.2, 0.25) is 0 Å². The highest BCUT2D eigenvalue weighted by molar-refractivity contribution is 7.79. The van der Waals surface area contributed by atoms with E-state index in [2.05, 4.69) is 0 Å². The Kier molecular flexibility index (Phi) is 7.11. The van der Waals surface area contributed by atoms with Crippen molar-refractivity contribution in [3.05, 3.63) is 0 Å². The third kappa shape index (κ3) is 9.04. The summed E-state index contributed by atoms with van der Waals surface area (Å²) < 4.78 is 36.4. The van der Waals surface area contributed by atoms with Gasteiger partial charge in [0.05, 0.1) is 6.61 Å². The number of nitrogens with zero attached hydrogens (tertiary/aromatic N) is 2. The molecule has 1 rings (SSSR count). The third-order valence-electron chi connectivity index (χ3n) is 2.15. The smallest absolute Gasteiger partial charge is 0.409 e. The standard InChI is InChI=1S/C8H16N4O2.H2O4S/c1-2-14-8(13)12-5-3-11(4-6-12)7(9)10;1-5(2,3)4/h2-6H2,1H3,(H3,9,10);(H2,1,2,3,4). The first-order valence-electron chi connectivity index (χ1n) is 5.35. The number of guanidine groups is 1. The molecule has 0 radical (unpaired) electrons. The Balaban J connectivity index is 0.000000555. The number of rotatable bonds is 1. The minimum absolute atomic E-state index is 0.0634. The zero-order valence-electron chi connectivity index (χ0n) is 10.4. The van der Waals surface area contributed by atoms with Crippen molar-refractivity contribution in [1.82, 2.24) is 9.80 Å². The fraction of sp³-hybridized carbons (Fsp3) is 0.750. The molecule has 1 amide bonds. The largest absolute Gasteiger partial charge is 0.450 e. The highest BCUT2D eigenvalue weighted by Gasteiger charge is 2.21. The fourth-order valence-electron chi connectivity index (χ4n) is 1.34. The number of hydrogen-bond donors (Lipinski definition) is 4. The van der Waals surface area contributed by atoms with Crippen molar-refractivity contribution in [2.45, 2.75) is 6.92 Å². The van der Waals surface area contributed by atoms with E-state index < -0.39 is 10.4 Å². The number of carbonyl (C=O) groups is 1. The van der Waals surface area contributed by atoms with Crippen LogP contribution in [0.3, 0.4) is 0 Å². The second-order valence-electron chi connectivity index (χ2n) is 3.51. The van der Waals surface area contributed by atoms with E-state index >= 15 is 0 Å². The molecular formula is C8H18N4O6S. The van der Waals surface area contributed by atoms with Gasteiger partial charge in [0.25, 0.3) is 0 Å². The van der Waals surface area contributed by atoms with E-state index in [1.807, 2.05) is 0 Å². The molecule has 10 nitrogen and oxygen atoms in total. The van der Waals surface area contributed by atoms with Crippen LogP contribution in [0.1, 0.15) is 6.92 Å². The first-order chi connectivity index (χ1) is 8.65. The highest BCUT2D eigenvalue weighted by Crippen LogP contribution is 2.02. The van der Waals surface area contributed by atoms with Crippen LogP contribution >= 0.6 is 0 Å². The number of hydrogen-bond acceptors (Lipinski definition) is 5. The van der Waals surface area contributed by atoms with Gasteiger partial charge in [-0.1, -0.05) is 0 Å². The summed E-state index contributed by atoms with van der Waals surface area (Å²) in [7, 11) is -4.67. The number of ether oxygens (including phenoxy) is 1. The van der Waals surface area contributed by atoms with Gasteiger partial charge in [0.1, 0.15) is 0 Å². The van der Waals surface area contributed by atoms with Gasteiger partial charge in [0.15, 0.2) is 5.96 Å². The van der Waals surface area contributed by atoms with Crippen LogP contribution in [-0.4, -0.2) is 72.2 Å². The molecule has 0 spiro atoms. The lowest BCUT2D eigenvalue weighted by Crippen LogP contribution is -2.52. The Morgan fingerprint density at radius 1 is 1.26 bits per heavy atom. The lowest BCUT2D eigenvalue weighted by atomic mass is 10.3. The molecule has 0 bridgehead atoms. The summed E-state index contributed by atoms with van der Waals surface area (Å²) in [5.41, 5.74) is 5.32. The van der Waals surface area contributed by atoms with Gasteiger partial charge in [-0.2, -0.15) is 8.42 Å². The van der Waals surface area contributed by atoms with Crippen molar-refractivity contribution >= 4 is 22.5 Å². The molecule has 1 saturated heterocycles. The Bertz CT molecular complexity index is 395. The van der Waals surface area contributed by atoms with E-state index in [4.69, 9.17) is 33.4 Å². The van der Waals surface area contributed by atoms with E-state index in [0.29, 0.717) is 32.8 Å². The molecule has 5 N–H and O–H groups in total. The van der Waals surface area contributed by atoms with Gasteiger partial charge in [-0.15, -0.1) is 0 Å². The second kappa shape index (κ2) is 7.76. The van der Waals surface area contributed by atoms with Gasteiger partial charge in [-0.05, 0) is 6.92 Å². The number of carbonyl (C=O) groups excluding carboxylic acids is 1. The third-order valence-corrected chi connectivity index (χ3v) is 2.15. The van der Waals surface area contributed by atoms with Crippen molar-refractivity contribution in [3.8, 4) is 0 Å². The summed E-state index contributed by atoms with van der Waals surface area (Å²) in [6.45, 7) is 4.52. The molecule has 1 heterocycles. The minimum atomic E-state index is -4.67. The number of piperazine rings is 1. The normalized spacial score (nSPS) is 15.3. The molecule has 11 heteroatoms. The molecule has 0 unspecified atom stereocenters. The number of nitrogens with one attached hydrogen (secondary N) is 1. The first-order valence-corrected chi connectivity index (χ1v) is 6.75. The van der Waals surface area contributed by atoms with Crippen molar-refractivity contribution in [2.24, 2.45) is 5.73 Å². The van der Waals surface area contributed by atoms with E-state index in [1.54, 1.807) is 16.7 Å². The fourth-order valence-corrected chi connectivity index (χ4v) is 1.34. The molecule has 1 aliphatic rings. The Morgan fingerprint density at radius 3 is 1.95 bits per heavy atom. The molecule has 0 aliphatic carbocycles. The Hall–Kier alpha value is -1.59. The van der Waals surface area contributed by atoms with Crippen LogP contribution in [0.5, 0.6) is 0 Å². The summed E-state index contributed by atoms with van der Waals surface area (Å²) in [6.07, 6.45) is -0.282. The van der Waals surface area contributed by atoms with Crippen LogP contribution < -0.4 is 5.73 Å². The summed E-state index contributed by atoms with van der Waals surface area (Å²) >= 11 is 0. The number of nitrogens with two attached hydrogens (primary N) is 1. The molecule has 0 aromatic carbocycles. The maximum atomic E-state index is 11.3. The maximum Gasteiger partial charge on any atom is 0.409 e. The van der Waals surface area contributed by atoms with Gasteiger partial charge in [-0.25, -0.2) is 4.79 Å². The van der Waals surface area contributed by atoms with Crippen molar-refractivity contribution in [1.29, 1.82) is 5.41 Å². The molecule has 0 aromatic rings. The quantitative estimate of drug-likeness (QED) is 0.273. The maximum absolute atomic E-state index is 11.3. The average molecular weight is 298 g/mol. The predicted octanol–water partition coefficient (Wildman–Crippen LogP) is -0.999. The van der Waals surface area contributed by atoms with Gasteiger partial charge in [-0.3, -0.25) is 14.5 Å². The molecule has 0 aromatic heterocycles. The van der Waals surface area contributed by atoms with Crippen molar-refractivity contribution in [2.75, 3.05) is 32.8 Å². The van der Waals surface area contributed by atoms with Crippen LogP contribution in [0.15, 0.2) is 0 Å². The molecular weight excluding hydrogens is 280 g/mol. The zero-order chi connectivity index (χ0) is 15.1. The van der Waals surface area contributed by atoms with Gasteiger partial charge >= 0.3 is 16.5 Å². The number of amides is 1. The lowest BCUT2D eigenvalue weighted by molar-refractivity contribution is 0.0917. The minimum Gasteiger partial charge on any atom is -0.450 e. The van der Waals surface area contributed by atoms with Crippen LogP contribution in [-0.2, 0) is 15.1 Å².